The van der Waals surface area contributed by atoms with Gasteiger partial charge in [-0.15, -0.1) is 0 Å². The predicted octanol–water partition coefficient (Wildman–Crippen LogP) is 0.822. The molecular weight excluding hydrogens is 206 g/mol. The number of aromatic amines is 1. The Balaban J connectivity index is 2.30. The van der Waals surface area contributed by atoms with Gasteiger partial charge in [-0.2, -0.15) is 5.10 Å². The molecule has 0 aliphatic carbocycles. The summed E-state index contributed by atoms with van der Waals surface area (Å²) in [5.41, 5.74) is 0.552. The minimum Gasteiger partial charge on any atom is -0.292 e. The fraction of sp³-hybridized carbons (Fsp3) is 0.182. The second kappa shape index (κ2) is 4.14. The maximum absolute atomic E-state index is 11.7. The van der Waals surface area contributed by atoms with E-state index in [0.717, 1.165) is 5.56 Å². The van der Waals surface area contributed by atoms with E-state index in [2.05, 4.69) is 10.3 Å². The van der Waals surface area contributed by atoms with Crippen LogP contribution in [-0.4, -0.2) is 20.8 Å². The van der Waals surface area contributed by atoms with Crippen LogP contribution in [0.25, 0.3) is 0 Å². The minimum absolute atomic E-state index is 0.0454. The van der Waals surface area contributed by atoms with E-state index >= 15 is 0 Å². The molecule has 0 aliphatic rings. The van der Waals surface area contributed by atoms with Crippen molar-refractivity contribution in [1.29, 1.82) is 0 Å². The van der Waals surface area contributed by atoms with Crippen molar-refractivity contribution in [3.8, 4) is 0 Å². The third-order valence-corrected chi connectivity index (χ3v) is 2.25. The molecule has 0 atom stereocenters. The number of nitrogens with zero attached hydrogens (tertiary/aromatic N) is 2. The highest BCUT2D eigenvalue weighted by Gasteiger charge is 2.11. The lowest BCUT2D eigenvalue weighted by Gasteiger charge is -1.99. The summed E-state index contributed by atoms with van der Waals surface area (Å²) >= 11 is 0. The van der Waals surface area contributed by atoms with E-state index in [-0.39, 0.29) is 17.0 Å². The molecule has 0 saturated carbocycles. The molecule has 1 N–H and O–H groups in total. The van der Waals surface area contributed by atoms with Crippen LogP contribution in [0.4, 0.5) is 0 Å². The van der Waals surface area contributed by atoms with Gasteiger partial charge < -0.3 is 0 Å². The molecule has 0 spiro atoms. The molecular formula is C11H11N3O2. The molecule has 0 radical (unpaired) electrons. The zero-order valence-corrected chi connectivity index (χ0v) is 8.80. The first-order chi connectivity index (χ1) is 7.68. The van der Waals surface area contributed by atoms with Gasteiger partial charge in [-0.1, -0.05) is 30.3 Å². The molecule has 0 aliphatic heterocycles. The lowest BCUT2D eigenvalue weighted by Crippen LogP contribution is -2.21. The van der Waals surface area contributed by atoms with Crippen LogP contribution in [0.3, 0.4) is 0 Å². The van der Waals surface area contributed by atoms with Crippen molar-refractivity contribution in [2.45, 2.75) is 13.5 Å². The van der Waals surface area contributed by atoms with Crippen molar-refractivity contribution in [2.24, 2.45) is 0 Å². The summed E-state index contributed by atoms with van der Waals surface area (Å²) in [6.45, 7) is 1.71. The number of ketones is 1. The molecule has 1 aromatic heterocycles. The Kier molecular flexibility index (Phi) is 2.68. The van der Waals surface area contributed by atoms with Gasteiger partial charge >= 0.3 is 0 Å². The first-order valence-electron chi connectivity index (χ1n) is 4.88. The molecule has 1 aromatic carbocycles. The van der Waals surface area contributed by atoms with Gasteiger partial charge in [0.1, 0.15) is 0 Å². The molecule has 0 amide bonds. The Morgan fingerprint density at radius 2 is 2.06 bits per heavy atom. The van der Waals surface area contributed by atoms with Crippen LogP contribution in [-0.2, 0) is 6.54 Å². The standard InChI is InChI=1S/C11H11N3O2/c1-8(15)10-11(16)14(13-12-10)7-9-5-3-2-4-6-9/h2-6,13H,7H2,1H3. The lowest BCUT2D eigenvalue weighted by molar-refractivity contribution is 0.101. The third-order valence-electron chi connectivity index (χ3n) is 2.25. The van der Waals surface area contributed by atoms with Gasteiger partial charge in [0.05, 0.1) is 6.54 Å². The van der Waals surface area contributed by atoms with Crippen molar-refractivity contribution in [2.75, 3.05) is 0 Å². The van der Waals surface area contributed by atoms with Gasteiger partial charge in [0.15, 0.2) is 11.5 Å². The first-order valence-corrected chi connectivity index (χ1v) is 4.88. The normalized spacial score (nSPS) is 10.3. The molecule has 1 heterocycles. The maximum Gasteiger partial charge on any atom is 0.297 e. The third kappa shape index (κ3) is 1.93. The summed E-state index contributed by atoms with van der Waals surface area (Å²) in [6.07, 6.45) is 0. The fourth-order valence-electron chi connectivity index (χ4n) is 1.43. The zero-order chi connectivity index (χ0) is 11.5. The van der Waals surface area contributed by atoms with Gasteiger partial charge in [0.25, 0.3) is 5.56 Å². The number of carbonyl (C=O) groups excluding carboxylic acids is 1. The van der Waals surface area contributed by atoms with Gasteiger partial charge in [-0.3, -0.25) is 9.59 Å². The van der Waals surface area contributed by atoms with Crippen LogP contribution in [0.2, 0.25) is 0 Å². The van der Waals surface area contributed by atoms with E-state index in [0.29, 0.717) is 6.54 Å². The van der Waals surface area contributed by atoms with Crippen molar-refractivity contribution >= 4 is 5.78 Å². The van der Waals surface area contributed by atoms with Crippen LogP contribution in [0.5, 0.6) is 0 Å². The summed E-state index contributed by atoms with van der Waals surface area (Å²) in [5.74, 6) is -0.326. The fourth-order valence-corrected chi connectivity index (χ4v) is 1.43. The average Bonchev–Trinajstić information content (AvgIpc) is 2.62. The van der Waals surface area contributed by atoms with E-state index in [1.807, 2.05) is 30.3 Å². The number of Topliss-reactive ketones (excluding diaryl/α,β-unsaturated/α-hetero) is 1. The van der Waals surface area contributed by atoms with E-state index < -0.39 is 0 Å². The molecule has 16 heavy (non-hydrogen) atoms. The quantitative estimate of drug-likeness (QED) is 0.774. The second-order valence-electron chi connectivity index (χ2n) is 3.49. The van der Waals surface area contributed by atoms with Crippen LogP contribution < -0.4 is 5.56 Å². The summed E-state index contributed by atoms with van der Waals surface area (Å²) in [4.78, 5) is 22.7. The first kappa shape index (κ1) is 10.4. The van der Waals surface area contributed by atoms with Crippen molar-refractivity contribution in [3.05, 3.63) is 51.9 Å². The molecule has 5 heteroatoms. The average molecular weight is 217 g/mol. The van der Waals surface area contributed by atoms with Crippen LogP contribution in [0.1, 0.15) is 23.0 Å². The molecule has 0 bridgehead atoms. The number of nitrogens with one attached hydrogen (secondary N) is 1. The molecule has 2 rings (SSSR count). The lowest BCUT2D eigenvalue weighted by atomic mass is 10.2. The van der Waals surface area contributed by atoms with Crippen LogP contribution >= 0.6 is 0 Å². The molecule has 5 nitrogen and oxygen atoms in total. The SMILES string of the molecule is CC(=O)c1n[nH]n(Cc2ccccc2)c1=O. The zero-order valence-electron chi connectivity index (χ0n) is 8.80. The molecule has 0 unspecified atom stereocenters. The van der Waals surface area contributed by atoms with Crippen molar-refractivity contribution in [3.63, 3.8) is 0 Å². The summed E-state index contributed by atoms with van der Waals surface area (Å²) in [7, 11) is 0. The number of hydrogen-bond acceptors (Lipinski definition) is 3. The maximum atomic E-state index is 11.7. The number of H-pyrrole nitrogens is 1. The summed E-state index contributed by atoms with van der Waals surface area (Å²) in [6, 6.07) is 9.49. The monoisotopic (exact) mass is 217 g/mol. The Morgan fingerprint density at radius 1 is 1.38 bits per heavy atom. The molecule has 0 fully saturated rings. The van der Waals surface area contributed by atoms with E-state index in [1.165, 1.54) is 11.6 Å². The van der Waals surface area contributed by atoms with Gasteiger partial charge in [-0.25, -0.2) is 9.90 Å². The summed E-state index contributed by atoms with van der Waals surface area (Å²) < 4.78 is 1.31. The highest BCUT2D eigenvalue weighted by Crippen LogP contribution is 1.99. The second-order valence-corrected chi connectivity index (χ2v) is 3.49. The van der Waals surface area contributed by atoms with Crippen LogP contribution in [0.15, 0.2) is 35.1 Å². The van der Waals surface area contributed by atoms with Gasteiger partial charge in [0, 0.05) is 6.92 Å². The number of carbonyl (C=O) groups is 1. The Morgan fingerprint density at radius 3 is 2.62 bits per heavy atom. The molecule has 2 aromatic rings. The number of hydrogen-bond donors (Lipinski definition) is 1. The highest BCUT2D eigenvalue weighted by atomic mass is 16.2. The predicted molar refractivity (Wildman–Crippen MR) is 58.4 cm³/mol. The summed E-state index contributed by atoms with van der Waals surface area (Å²) in [5, 5.41) is 6.22. The van der Waals surface area contributed by atoms with E-state index in [9.17, 15) is 9.59 Å². The Hall–Kier alpha value is -2.17. The number of benzene rings is 1. The smallest absolute Gasteiger partial charge is 0.292 e. The molecule has 82 valence electrons. The Bertz CT molecular complexity index is 554. The highest BCUT2D eigenvalue weighted by molar-refractivity contribution is 5.91. The van der Waals surface area contributed by atoms with Crippen molar-refractivity contribution in [1.82, 2.24) is 15.0 Å². The van der Waals surface area contributed by atoms with E-state index in [1.54, 1.807) is 0 Å². The van der Waals surface area contributed by atoms with Gasteiger partial charge in [0.2, 0.25) is 0 Å². The number of aromatic nitrogens is 3. The van der Waals surface area contributed by atoms with Crippen molar-refractivity contribution < 1.29 is 4.79 Å². The Labute approximate surface area is 91.7 Å². The van der Waals surface area contributed by atoms with Crippen LogP contribution in [0, 0.1) is 0 Å². The topological polar surface area (TPSA) is 67.8 Å². The largest absolute Gasteiger partial charge is 0.297 e. The molecule has 0 saturated heterocycles. The number of rotatable bonds is 3. The minimum atomic E-state index is -0.378. The van der Waals surface area contributed by atoms with Gasteiger partial charge in [-0.05, 0) is 5.56 Å². The van der Waals surface area contributed by atoms with E-state index in [4.69, 9.17) is 0 Å².